The van der Waals surface area contributed by atoms with Gasteiger partial charge in [-0.25, -0.2) is 0 Å². The number of hydrogen-bond donors (Lipinski definition) is 1. The number of nitrogens with zero attached hydrogens (tertiary/aromatic N) is 3. The van der Waals surface area contributed by atoms with Crippen LogP contribution >= 0.6 is 0 Å². The van der Waals surface area contributed by atoms with Gasteiger partial charge in [0.05, 0.1) is 6.04 Å². The van der Waals surface area contributed by atoms with Crippen LogP contribution in [0.1, 0.15) is 31.6 Å². The van der Waals surface area contributed by atoms with Crippen LogP contribution in [0.25, 0.3) is 5.65 Å². The minimum atomic E-state index is 0.262. The van der Waals surface area contributed by atoms with Crippen LogP contribution in [-0.4, -0.2) is 21.1 Å². The van der Waals surface area contributed by atoms with Crippen molar-refractivity contribution < 1.29 is 0 Å². The van der Waals surface area contributed by atoms with Gasteiger partial charge in [0.25, 0.3) is 0 Å². The van der Waals surface area contributed by atoms with E-state index in [9.17, 15) is 0 Å². The molecule has 1 atom stereocenters. The van der Waals surface area contributed by atoms with E-state index in [1.165, 1.54) is 12.8 Å². The summed E-state index contributed by atoms with van der Waals surface area (Å²) in [5.74, 6) is 1.89. The molecule has 0 amide bonds. The minimum Gasteiger partial charge on any atom is -0.307 e. The van der Waals surface area contributed by atoms with Crippen molar-refractivity contribution in [1.29, 1.82) is 0 Å². The van der Waals surface area contributed by atoms with Crippen molar-refractivity contribution in [2.75, 3.05) is 6.54 Å². The Bertz CT molecular complexity index is 486. The van der Waals surface area contributed by atoms with Crippen LogP contribution in [0.3, 0.4) is 0 Å². The summed E-state index contributed by atoms with van der Waals surface area (Å²) in [6, 6.07) is 6.23. The van der Waals surface area contributed by atoms with Crippen molar-refractivity contribution in [3.05, 3.63) is 30.2 Å². The largest absolute Gasteiger partial charge is 0.307 e. The van der Waals surface area contributed by atoms with E-state index in [4.69, 9.17) is 0 Å². The average Bonchev–Trinajstić information content (AvgIpc) is 3.04. The topological polar surface area (TPSA) is 42.2 Å². The first kappa shape index (κ1) is 9.78. The maximum Gasteiger partial charge on any atom is 0.160 e. The highest BCUT2D eigenvalue weighted by Gasteiger charge is 2.22. The molecule has 4 heteroatoms. The zero-order valence-electron chi connectivity index (χ0n) is 9.43. The maximum absolute atomic E-state index is 4.24. The van der Waals surface area contributed by atoms with E-state index in [1.807, 2.05) is 28.8 Å². The van der Waals surface area contributed by atoms with Gasteiger partial charge < -0.3 is 5.32 Å². The van der Waals surface area contributed by atoms with Crippen molar-refractivity contribution in [2.24, 2.45) is 5.92 Å². The zero-order valence-corrected chi connectivity index (χ0v) is 9.43. The number of fused-ring (bicyclic) bond motifs is 1. The fourth-order valence-electron chi connectivity index (χ4n) is 1.91. The highest BCUT2D eigenvalue weighted by Crippen LogP contribution is 2.28. The molecule has 2 aromatic rings. The molecule has 16 heavy (non-hydrogen) atoms. The lowest BCUT2D eigenvalue weighted by molar-refractivity contribution is 0.522. The number of hydrogen-bond acceptors (Lipinski definition) is 3. The standard InChI is InChI=1S/C12H16N4/c1-9(13-8-10-5-6-10)12-15-14-11-4-2-3-7-16(11)12/h2-4,7,9-10,13H,5-6,8H2,1H3. The van der Waals surface area contributed by atoms with Crippen LogP contribution in [0.2, 0.25) is 0 Å². The van der Waals surface area contributed by atoms with E-state index in [0.29, 0.717) is 0 Å². The molecule has 1 saturated carbocycles. The molecule has 3 rings (SSSR count). The molecule has 84 valence electrons. The normalized spacial score (nSPS) is 17.8. The molecule has 0 saturated heterocycles. The Balaban J connectivity index is 1.80. The Labute approximate surface area is 94.7 Å². The van der Waals surface area contributed by atoms with E-state index in [1.54, 1.807) is 0 Å². The van der Waals surface area contributed by atoms with Gasteiger partial charge in [-0.05, 0) is 44.4 Å². The summed E-state index contributed by atoms with van der Waals surface area (Å²) in [6.07, 6.45) is 4.76. The van der Waals surface area contributed by atoms with Crippen LogP contribution in [0, 0.1) is 5.92 Å². The van der Waals surface area contributed by atoms with Crippen molar-refractivity contribution in [2.45, 2.75) is 25.8 Å². The third kappa shape index (κ3) is 1.80. The molecule has 1 aliphatic carbocycles. The van der Waals surface area contributed by atoms with E-state index in [2.05, 4.69) is 22.4 Å². The van der Waals surface area contributed by atoms with Gasteiger partial charge in [-0.1, -0.05) is 6.07 Å². The molecule has 1 N–H and O–H groups in total. The Morgan fingerprint density at radius 2 is 2.31 bits per heavy atom. The predicted octanol–water partition coefficient (Wildman–Crippen LogP) is 1.79. The maximum atomic E-state index is 4.24. The Hall–Kier alpha value is -1.42. The van der Waals surface area contributed by atoms with E-state index < -0.39 is 0 Å². The molecule has 0 bridgehead atoms. The molecule has 2 heterocycles. The van der Waals surface area contributed by atoms with Crippen LogP contribution in [-0.2, 0) is 0 Å². The summed E-state index contributed by atoms with van der Waals surface area (Å²) in [6.45, 7) is 3.24. The van der Waals surface area contributed by atoms with Crippen LogP contribution in [0.5, 0.6) is 0 Å². The predicted molar refractivity (Wildman–Crippen MR) is 62.1 cm³/mol. The van der Waals surface area contributed by atoms with Crippen LogP contribution in [0.15, 0.2) is 24.4 Å². The molecule has 0 aromatic carbocycles. The zero-order chi connectivity index (χ0) is 11.0. The highest BCUT2D eigenvalue weighted by atomic mass is 15.3. The SMILES string of the molecule is CC(NCC1CC1)c1nnc2ccccn12. The molecular formula is C12H16N4. The Kier molecular flexibility index (Phi) is 2.36. The summed E-state index contributed by atoms with van der Waals surface area (Å²) >= 11 is 0. The number of aromatic nitrogens is 3. The molecule has 2 aromatic heterocycles. The van der Waals surface area contributed by atoms with E-state index >= 15 is 0 Å². The van der Waals surface area contributed by atoms with Gasteiger partial charge in [-0.15, -0.1) is 10.2 Å². The fraction of sp³-hybridized carbons (Fsp3) is 0.500. The highest BCUT2D eigenvalue weighted by molar-refractivity contribution is 5.37. The molecule has 1 aliphatic rings. The minimum absolute atomic E-state index is 0.262. The molecule has 0 aliphatic heterocycles. The quantitative estimate of drug-likeness (QED) is 0.847. The van der Waals surface area contributed by atoms with E-state index in [-0.39, 0.29) is 6.04 Å². The smallest absolute Gasteiger partial charge is 0.160 e. The fourth-order valence-corrected chi connectivity index (χ4v) is 1.91. The lowest BCUT2D eigenvalue weighted by Crippen LogP contribution is -2.22. The number of pyridine rings is 1. The van der Waals surface area contributed by atoms with Crippen molar-refractivity contribution in [3.8, 4) is 0 Å². The molecule has 0 spiro atoms. The lowest BCUT2D eigenvalue weighted by atomic mass is 10.3. The first-order valence-electron chi connectivity index (χ1n) is 5.87. The second-order valence-corrected chi connectivity index (χ2v) is 4.56. The molecule has 1 fully saturated rings. The summed E-state index contributed by atoms with van der Waals surface area (Å²) < 4.78 is 2.05. The summed E-state index contributed by atoms with van der Waals surface area (Å²) in [4.78, 5) is 0. The van der Waals surface area contributed by atoms with E-state index in [0.717, 1.165) is 23.9 Å². The van der Waals surface area contributed by atoms with Crippen molar-refractivity contribution in [1.82, 2.24) is 19.9 Å². The molecular weight excluding hydrogens is 200 g/mol. The van der Waals surface area contributed by atoms with Crippen molar-refractivity contribution >= 4 is 5.65 Å². The monoisotopic (exact) mass is 216 g/mol. The Morgan fingerprint density at radius 3 is 3.12 bits per heavy atom. The summed E-state index contributed by atoms with van der Waals surface area (Å²) in [5, 5.41) is 11.9. The average molecular weight is 216 g/mol. The molecule has 4 nitrogen and oxygen atoms in total. The van der Waals surface area contributed by atoms with Gasteiger partial charge in [0.2, 0.25) is 0 Å². The molecule has 1 unspecified atom stereocenters. The van der Waals surface area contributed by atoms with Crippen LogP contribution in [0.4, 0.5) is 0 Å². The van der Waals surface area contributed by atoms with Gasteiger partial charge in [0.15, 0.2) is 11.5 Å². The third-order valence-electron chi connectivity index (χ3n) is 3.14. The van der Waals surface area contributed by atoms with Gasteiger partial charge in [0, 0.05) is 6.20 Å². The molecule has 0 radical (unpaired) electrons. The Morgan fingerprint density at radius 1 is 1.44 bits per heavy atom. The second-order valence-electron chi connectivity index (χ2n) is 4.56. The second kappa shape index (κ2) is 3.87. The summed E-state index contributed by atoms with van der Waals surface area (Å²) in [5.41, 5.74) is 0.914. The summed E-state index contributed by atoms with van der Waals surface area (Å²) in [7, 11) is 0. The first-order valence-corrected chi connectivity index (χ1v) is 5.87. The van der Waals surface area contributed by atoms with Gasteiger partial charge in [-0.3, -0.25) is 4.40 Å². The van der Waals surface area contributed by atoms with Crippen LogP contribution < -0.4 is 5.32 Å². The number of rotatable bonds is 4. The first-order chi connectivity index (χ1) is 7.84. The number of nitrogens with one attached hydrogen (secondary N) is 1. The lowest BCUT2D eigenvalue weighted by Gasteiger charge is -2.11. The van der Waals surface area contributed by atoms with Gasteiger partial charge in [0.1, 0.15) is 0 Å². The van der Waals surface area contributed by atoms with Crippen molar-refractivity contribution in [3.63, 3.8) is 0 Å². The third-order valence-corrected chi connectivity index (χ3v) is 3.14. The van der Waals surface area contributed by atoms with Gasteiger partial charge in [-0.2, -0.15) is 0 Å². The van der Waals surface area contributed by atoms with Gasteiger partial charge >= 0.3 is 0 Å².